The first kappa shape index (κ1) is 18.4. The van der Waals surface area contributed by atoms with Crippen LogP contribution in [0, 0.1) is 24.0 Å². The number of nitrogens with one attached hydrogen (secondary N) is 1. The van der Waals surface area contributed by atoms with Gasteiger partial charge in [-0.3, -0.25) is 14.9 Å². The molecule has 1 unspecified atom stereocenters. The lowest BCUT2D eigenvalue weighted by molar-refractivity contribution is -0.385. The van der Waals surface area contributed by atoms with Gasteiger partial charge in [-0.25, -0.2) is 4.79 Å². The summed E-state index contributed by atoms with van der Waals surface area (Å²) in [6, 6.07) is 0.0567. The second-order valence-electron chi connectivity index (χ2n) is 4.89. The van der Waals surface area contributed by atoms with Crippen LogP contribution < -0.4 is 5.32 Å². The zero-order chi connectivity index (χ0) is 17.9. The average molecular weight is 334 g/mol. The molecule has 1 rings (SSSR count). The lowest BCUT2D eigenvalue weighted by atomic mass is 10.0. The first-order chi connectivity index (χ1) is 10.4. The van der Waals surface area contributed by atoms with Crippen molar-refractivity contribution in [3.8, 4) is 0 Å². The van der Waals surface area contributed by atoms with E-state index in [0.29, 0.717) is 0 Å². The monoisotopic (exact) mass is 334 g/mol. The van der Waals surface area contributed by atoms with Crippen molar-refractivity contribution in [2.45, 2.75) is 32.5 Å². The van der Waals surface area contributed by atoms with Crippen molar-refractivity contribution in [3.05, 3.63) is 38.9 Å². The maximum Gasteiger partial charge on any atom is 0.391 e. The molecule has 1 amide bonds. The van der Waals surface area contributed by atoms with Gasteiger partial charge < -0.3 is 10.4 Å². The number of aliphatic carboxylic acids is 1. The van der Waals surface area contributed by atoms with E-state index in [1.807, 2.05) is 0 Å². The van der Waals surface area contributed by atoms with Crippen LogP contribution in [-0.4, -0.2) is 34.1 Å². The van der Waals surface area contributed by atoms with Gasteiger partial charge in [0.25, 0.3) is 11.6 Å². The van der Waals surface area contributed by atoms with Gasteiger partial charge in [0.1, 0.15) is 6.04 Å². The summed E-state index contributed by atoms with van der Waals surface area (Å²) in [6.07, 6.45) is -6.54. The Morgan fingerprint density at radius 1 is 1.30 bits per heavy atom. The fourth-order valence-electron chi connectivity index (χ4n) is 1.95. The molecule has 10 heteroatoms. The highest BCUT2D eigenvalue weighted by Gasteiger charge is 2.36. The molecule has 0 bridgehead atoms. The maximum atomic E-state index is 12.3. The van der Waals surface area contributed by atoms with Gasteiger partial charge in [0, 0.05) is 17.2 Å². The molecule has 7 nitrogen and oxygen atoms in total. The Bertz CT molecular complexity index is 658. The molecule has 0 aliphatic carbocycles. The highest BCUT2D eigenvalue weighted by atomic mass is 19.4. The molecule has 2 N–H and O–H groups in total. The number of hydrogen-bond donors (Lipinski definition) is 2. The predicted octanol–water partition coefficient (Wildman–Crippen LogP) is 2.35. The molecule has 0 saturated carbocycles. The Balaban J connectivity index is 3.11. The van der Waals surface area contributed by atoms with Crippen LogP contribution in [0.1, 0.15) is 27.9 Å². The van der Waals surface area contributed by atoms with Gasteiger partial charge in [0.05, 0.1) is 11.3 Å². The molecule has 0 spiro atoms. The Kier molecular flexibility index (Phi) is 5.30. The SMILES string of the molecule is Cc1cc(C)c([N+](=O)[O-])cc1C(=O)NC(CC(F)(F)F)C(=O)O. The third-order valence-electron chi connectivity index (χ3n) is 3.02. The summed E-state index contributed by atoms with van der Waals surface area (Å²) in [5, 5.41) is 21.4. The van der Waals surface area contributed by atoms with E-state index in [9.17, 15) is 32.9 Å². The van der Waals surface area contributed by atoms with E-state index in [2.05, 4.69) is 0 Å². The van der Waals surface area contributed by atoms with Crippen molar-refractivity contribution in [2.75, 3.05) is 0 Å². The Morgan fingerprint density at radius 3 is 2.30 bits per heavy atom. The molecule has 126 valence electrons. The topological polar surface area (TPSA) is 110 Å². The number of benzene rings is 1. The molecule has 0 aromatic heterocycles. The summed E-state index contributed by atoms with van der Waals surface area (Å²) in [4.78, 5) is 32.9. The number of halogens is 3. The zero-order valence-corrected chi connectivity index (χ0v) is 12.1. The molecule has 1 atom stereocenters. The minimum absolute atomic E-state index is 0.254. The number of carbonyl (C=O) groups is 2. The van der Waals surface area contributed by atoms with E-state index in [1.54, 1.807) is 5.32 Å². The molecule has 0 heterocycles. The minimum atomic E-state index is -4.79. The number of nitro benzene ring substituents is 1. The average Bonchev–Trinajstić information content (AvgIpc) is 2.35. The normalized spacial score (nSPS) is 12.6. The van der Waals surface area contributed by atoms with Crippen LogP contribution in [0.25, 0.3) is 0 Å². The van der Waals surface area contributed by atoms with Gasteiger partial charge in [-0.15, -0.1) is 0 Å². The van der Waals surface area contributed by atoms with Crippen molar-refractivity contribution >= 4 is 17.6 Å². The number of amides is 1. The van der Waals surface area contributed by atoms with Gasteiger partial charge in [-0.1, -0.05) is 0 Å². The first-order valence-electron chi connectivity index (χ1n) is 6.28. The molecular weight excluding hydrogens is 321 g/mol. The number of alkyl halides is 3. The summed E-state index contributed by atoms with van der Waals surface area (Å²) >= 11 is 0. The van der Waals surface area contributed by atoms with Gasteiger partial charge in [-0.2, -0.15) is 13.2 Å². The van der Waals surface area contributed by atoms with E-state index < -0.39 is 35.4 Å². The number of nitro groups is 1. The van der Waals surface area contributed by atoms with Crippen LogP contribution in [0.3, 0.4) is 0 Å². The molecule has 1 aromatic carbocycles. The van der Waals surface area contributed by atoms with Crippen LogP contribution in [0.15, 0.2) is 12.1 Å². The number of carboxylic acids is 1. The van der Waals surface area contributed by atoms with Crippen molar-refractivity contribution in [1.29, 1.82) is 0 Å². The van der Waals surface area contributed by atoms with Crippen LogP contribution in [0.5, 0.6) is 0 Å². The number of hydrogen-bond acceptors (Lipinski definition) is 4. The molecule has 0 aliphatic rings. The van der Waals surface area contributed by atoms with Crippen molar-refractivity contribution in [1.82, 2.24) is 5.32 Å². The molecule has 0 aliphatic heterocycles. The lowest BCUT2D eigenvalue weighted by Gasteiger charge is -2.17. The number of rotatable bonds is 5. The quantitative estimate of drug-likeness (QED) is 0.634. The summed E-state index contributed by atoms with van der Waals surface area (Å²) in [7, 11) is 0. The fraction of sp³-hybridized carbons (Fsp3) is 0.385. The summed E-state index contributed by atoms with van der Waals surface area (Å²) in [6.45, 7) is 2.88. The molecule has 0 fully saturated rings. The first-order valence-corrected chi connectivity index (χ1v) is 6.28. The van der Waals surface area contributed by atoms with Gasteiger partial charge >= 0.3 is 12.1 Å². The van der Waals surface area contributed by atoms with E-state index >= 15 is 0 Å². The Labute approximate surface area is 128 Å². The summed E-state index contributed by atoms with van der Waals surface area (Å²) in [5.74, 6) is -2.97. The molecule has 1 aromatic rings. The number of carbonyl (C=O) groups excluding carboxylic acids is 1. The van der Waals surface area contributed by atoms with Crippen LogP contribution in [0.4, 0.5) is 18.9 Å². The van der Waals surface area contributed by atoms with Gasteiger partial charge in [-0.05, 0) is 25.5 Å². The Morgan fingerprint density at radius 2 is 1.87 bits per heavy atom. The van der Waals surface area contributed by atoms with E-state index in [0.717, 1.165) is 6.07 Å². The lowest BCUT2D eigenvalue weighted by Crippen LogP contribution is -2.43. The molecule has 23 heavy (non-hydrogen) atoms. The fourth-order valence-corrected chi connectivity index (χ4v) is 1.95. The summed E-state index contributed by atoms with van der Waals surface area (Å²) in [5.41, 5.74) is -0.0879. The minimum Gasteiger partial charge on any atom is -0.480 e. The smallest absolute Gasteiger partial charge is 0.391 e. The van der Waals surface area contributed by atoms with E-state index in [1.165, 1.54) is 19.9 Å². The van der Waals surface area contributed by atoms with Crippen LogP contribution in [-0.2, 0) is 4.79 Å². The second kappa shape index (κ2) is 6.63. The zero-order valence-electron chi connectivity index (χ0n) is 12.1. The number of nitrogens with zero attached hydrogens (tertiary/aromatic N) is 1. The standard InChI is InChI=1S/C13H13F3N2O5/c1-6-3-7(2)10(18(22)23)4-8(6)11(19)17-9(12(20)21)5-13(14,15)16/h3-4,9H,5H2,1-2H3,(H,17,19)(H,20,21). The maximum absolute atomic E-state index is 12.3. The molecule has 0 saturated heterocycles. The molecular formula is C13H13F3N2O5. The predicted molar refractivity (Wildman–Crippen MR) is 72.1 cm³/mol. The third-order valence-corrected chi connectivity index (χ3v) is 3.02. The van der Waals surface area contributed by atoms with Crippen molar-refractivity contribution < 1.29 is 32.8 Å². The largest absolute Gasteiger partial charge is 0.480 e. The highest BCUT2D eigenvalue weighted by Crippen LogP contribution is 2.24. The van der Waals surface area contributed by atoms with E-state index in [4.69, 9.17) is 5.11 Å². The van der Waals surface area contributed by atoms with Crippen LogP contribution in [0.2, 0.25) is 0 Å². The highest BCUT2D eigenvalue weighted by molar-refractivity contribution is 5.98. The molecule has 0 radical (unpaired) electrons. The van der Waals surface area contributed by atoms with Crippen molar-refractivity contribution in [3.63, 3.8) is 0 Å². The van der Waals surface area contributed by atoms with E-state index in [-0.39, 0.29) is 22.4 Å². The van der Waals surface area contributed by atoms with Gasteiger partial charge in [0.15, 0.2) is 0 Å². The third kappa shape index (κ3) is 4.94. The second-order valence-corrected chi connectivity index (χ2v) is 4.89. The van der Waals surface area contributed by atoms with Crippen LogP contribution >= 0.6 is 0 Å². The van der Waals surface area contributed by atoms with Gasteiger partial charge in [0.2, 0.25) is 0 Å². The Hall–Kier alpha value is -2.65. The summed E-state index contributed by atoms with van der Waals surface area (Å²) < 4.78 is 37.0. The van der Waals surface area contributed by atoms with Crippen molar-refractivity contribution in [2.24, 2.45) is 0 Å². The number of aryl methyl sites for hydroxylation is 2. The number of carboxylic acid groups (broad SMARTS) is 1.